The Morgan fingerprint density at radius 3 is 2.77 bits per heavy atom. The lowest BCUT2D eigenvalue weighted by Crippen LogP contribution is -2.51. The number of aryl methyl sites for hydroxylation is 1. The molecule has 0 saturated carbocycles. The van der Waals surface area contributed by atoms with E-state index in [0.717, 1.165) is 12.0 Å². The number of benzene rings is 2. The zero-order chi connectivity index (χ0) is 25.2. The first-order valence-corrected chi connectivity index (χ1v) is 12.3. The summed E-state index contributed by atoms with van der Waals surface area (Å²) in [5.74, 6) is -0.844. The van der Waals surface area contributed by atoms with Crippen LogP contribution in [0.1, 0.15) is 42.9 Å². The number of hydrogen-bond acceptors (Lipinski definition) is 5. The van der Waals surface area contributed by atoms with Gasteiger partial charge in [0.2, 0.25) is 11.8 Å². The highest BCUT2D eigenvalue weighted by molar-refractivity contribution is 5.84. The number of ether oxygens (including phenoxy) is 1. The molecule has 0 aromatic heterocycles. The summed E-state index contributed by atoms with van der Waals surface area (Å²) >= 11 is 0. The van der Waals surface area contributed by atoms with Gasteiger partial charge in [-0.1, -0.05) is 37.3 Å². The summed E-state index contributed by atoms with van der Waals surface area (Å²) in [7, 11) is 1.59. The molecule has 0 spiro atoms. The SMILES string of the molecule is CCc1cccc(CNCC(O)C2Cc3ccc(c(F)c3)OCCCCC(=O)N(C)CC(=O)N2)c1. The molecule has 7 nitrogen and oxygen atoms in total. The van der Waals surface area contributed by atoms with Crippen molar-refractivity contribution in [2.24, 2.45) is 0 Å². The molecule has 8 heteroatoms. The number of carbonyl (C=O) groups is 2. The molecule has 4 rings (SSSR count). The molecular weight excluding hydrogens is 449 g/mol. The second-order valence-corrected chi connectivity index (χ2v) is 9.07. The molecule has 190 valence electrons. The third-order valence-electron chi connectivity index (χ3n) is 6.19. The Kier molecular flexibility index (Phi) is 10.0. The van der Waals surface area contributed by atoms with Crippen LogP contribution in [0.15, 0.2) is 42.5 Å². The number of nitrogens with one attached hydrogen (secondary N) is 2. The largest absolute Gasteiger partial charge is 0.491 e. The Labute approximate surface area is 206 Å². The van der Waals surface area contributed by atoms with Crippen LogP contribution in [0.2, 0.25) is 0 Å². The third-order valence-corrected chi connectivity index (χ3v) is 6.19. The van der Waals surface area contributed by atoms with Crippen molar-refractivity contribution in [3.8, 4) is 5.75 Å². The number of aliphatic hydroxyl groups is 1. The monoisotopic (exact) mass is 485 g/mol. The predicted molar refractivity (Wildman–Crippen MR) is 133 cm³/mol. The van der Waals surface area contributed by atoms with E-state index in [1.807, 2.05) is 12.1 Å². The van der Waals surface area contributed by atoms with Crippen LogP contribution >= 0.6 is 0 Å². The zero-order valence-corrected chi connectivity index (χ0v) is 20.6. The first-order valence-electron chi connectivity index (χ1n) is 12.3. The predicted octanol–water partition coefficient (Wildman–Crippen LogP) is 2.59. The molecule has 2 unspecified atom stereocenters. The molecule has 2 aromatic rings. The minimum Gasteiger partial charge on any atom is -0.491 e. The van der Waals surface area contributed by atoms with Crippen molar-refractivity contribution in [1.82, 2.24) is 15.5 Å². The summed E-state index contributed by atoms with van der Waals surface area (Å²) in [6.45, 7) is 3.11. The topological polar surface area (TPSA) is 90.9 Å². The molecule has 0 saturated heterocycles. The van der Waals surface area contributed by atoms with E-state index in [4.69, 9.17) is 4.74 Å². The number of carbonyl (C=O) groups excluding carboxylic acids is 2. The Morgan fingerprint density at radius 2 is 2.00 bits per heavy atom. The third kappa shape index (κ3) is 8.33. The Morgan fingerprint density at radius 1 is 1.20 bits per heavy atom. The highest BCUT2D eigenvalue weighted by Gasteiger charge is 2.24. The van der Waals surface area contributed by atoms with Gasteiger partial charge >= 0.3 is 0 Å². The normalized spacial score (nSPS) is 18.7. The molecule has 2 atom stereocenters. The van der Waals surface area contributed by atoms with Crippen LogP contribution in [0.25, 0.3) is 0 Å². The quantitative estimate of drug-likeness (QED) is 0.585. The van der Waals surface area contributed by atoms with Gasteiger partial charge in [0.15, 0.2) is 11.6 Å². The highest BCUT2D eigenvalue weighted by Crippen LogP contribution is 2.20. The van der Waals surface area contributed by atoms with E-state index in [9.17, 15) is 19.1 Å². The number of rotatable bonds is 6. The van der Waals surface area contributed by atoms with Crippen LogP contribution in [0.3, 0.4) is 0 Å². The Hall–Kier alpha value is -2.97. The van der Waals surface area contributed by atoms with Gasteiger partial charge in [0.25, 0.3) is 0 Å². The van der Waals surface area contributed by atoms with Crippen LogP contribution in [0, 0.1) is 5.82 Å². The van der Waals surface area contributed by atoms with Crippen LogP contribution in [0.4, 0.5) is 4.39 Å². The molecule has 0 fully saturated rings. The van der Waals surface area contributed by atoms with Crippen molar-refractivity contribution in [2.45, 2.75) is 57.7 Å². The number of likely N-dealkylation sites (N-methyl/N-ethyl adjacent to an activating group) is 1. The summed E-state index contributed by atoms with van der Waals surface area (Å²) in [5.41, 5.74) is 2.98. The van der Waals surface area contributed by atoms with Crippen molar-refractivity contribution < 1.29 is 23.8 Å². The van der Waals surface area contributed by atoms with Crippen LogP contribution in [-0.2, 0) is 29.0 Å². The average molecular weight is 486 g/mol. The van der Waals surface area contributed by atoms with E-state index in [-0.39, 0.29) is 43.5 Å². The minimum absolute atomic E-state index is 0.108. The summed E-state index contributed by atoms with van der Waals surface area (Å²) in [6, 6.07) is 12.2. The summed E-state index contributed by atoms with van der Waals surface area (Å²) in [5, 5.41) is 17.0. The van der Waals surface area contributed by atoms with Crippen molar-refractivity contribution in [2.75, 3.05) is 26.7 Å². The van der Waals surface area contributed by atoms with E-state index < -0.39 is 18.0 Å². The number of amides is 2. The smallest absolute Gasteiger partial charge is 0.239 e. The average Bonchev–Trinajstić information content (AvgIpc) is 2.83. The van der Waals surface area contributed by atoms with Gasteiger partial charge in [0.05, 0.1) is 25.3 Å². The van der Waals surface area contributed by atoms with E-state index in [2.05, 4.69) is 29.7 Å². The standard InChI is InChI=1S/C27H36FN3O4/c1-3-19-7-6-8-21(13-19)16-29-17-24(32)23-15-20-10-11-25(22(28)14-20)35-12-5-4-9-27(34)31(2)18-26(33)30-23/h6-8,10-11,13-14,23-24,29,32H,3-5,9,12,15-18H2,1-2H3,(H,30,33). The molecule has 35 heavy (non-hydrogen) atoms. The first kappa shape index (κ1) is 26.6. The van der Waals surface area contributed by atoms with Gasteiger partial charge in [0.1, 0.15) is 0 Å². The highest BCUT2D eigenvalue weighted by atomic mass is 19.1. The van der Waals surface area contributed by atoms with Gasteiger partial charge in [-0.3, -0.25) is 9.59 Å². The molecule has 2 aromatic carbocycles. The summed E-state index contributed by atoms with van der Waals surface area (Å²) < 4.78 is 20.1. The number of hydrogen-bond donors (Lipinski definition) is 3. The maximum absolute atomic E-state index is 14.6. The fourth-order valence-electron chi connectivity index (χ4n) is 4.10. The van der Waals surface area contributed by atoms with Gasteiger partial charge in [-0.05, 0) is 54.5 Å². The van der Waals surface area contributed by atoms with Crippen molar-refractivity contribution >= 4 is 11.8 Å². The van der Waals surface area contributed by atoms with Crippen LogP contribution in [0.5, 0.6) is 5.75 Å². The van der Waals surface area contributed by atoms with Gasteiger partial charge in [-0.2, -0.15) is 0 Å². The number of nitrogens with zero attached hydrogens (tertiary/aromatic N) is 1. The molecule has 2 bridgehead atoms. The van der Waals surface area contributed by atoms with Crippen LogP contribution in [-0.4, -0.2) is 60.7 Å². The molecular formula is C27H36FN3O4. The fourth-order valence-corrected chi connectivity index (χ4v) is 4.10. The van der Waals surface area contributed by atoms with Gasteiger partial charge in [-0.25, -0.2) is 4.39 Å². The van der Waals surface area contributed by atoms with E-state index in [1.54, 1.807) is 19.2 Å². The molecule has 0 aliphatic carbocycles. The lowest BCUT2D eigenvalue weighted by Gasteiger charge is -2.26. The fraction of sp³-hybridized carbons (Fsp3) is 0.481. The summed E-state index contributed by atoms with van der Waals surface area (Å²) in [4.78, 5) is 26.4. The molecule has 0 radical (unpaired) electrons. The second-order valence-electron chi connectivity index (χ2n) is 9.07. The second kappa shape index (κ2) is 13.2. The van der Waals surface area contributed by atoms with E-state index >= 15 is 0 Å². The van der Waals surface area contributed by atoms with Gasteiger partial charge < -0.3 is 25.4 Å². The maximum atomic E-state index is 14.6. The van der Waals surface area contributed by atoms with Crippen molar-refractivity contribution in [1.29, 1.82) is 0 Å². The molecule has 2 aliphatic rings. The number of halogens is 1. The number of fused-ring (bicyclic) bond motifs is 13. The van der Waals surface area contributed by atoms with Crippen molar-refractivity contribution in [3.63, 3.8) is 0 Å². The van der Waals surface area contributed by atoms with Gasteiger partial charge in [0, 0.05) is 26.6 Å². The summed E-state index contributed by atoms with van der Waals surface area (Å²) in [6.07, 6.45) is 1.72. The molecule has 2 amide bonds. The minimum atomic E-state index is -0.924. The maximum Gasteiger partial charge on any atom is 0.239 e. The number of aliphatic hydroxyl groups excluding tert-OH is 1. The molecule has 2 aliphatic heterocycles. The van der Waals surface area contributed by atoms with Crippen LogP contribution < -0.4 is 15.4 Å². The first-order chi connectivity index (χ1) is 16.9. The Balaban J connectivity index is 1.71. The zero-order valence-electron chi connectivity index (χ0n) is 20.6. The van der Waals surface area contributed by atoms with E-state index in [1.165, 1.54) is 16.5 Å². The Bertz CT molecular complexity index is 1000. The molecule has 3 N–H and O–H groups in total. The lowest BCUT2D eigenvalue weighted by molar-refractivity contribution is -0.135. The lowest BCUT2D eigenvalue weighted by atomic mass is 10.00. The van der Waals surface area contributed by atoms with E-state index in [0.29, 0.717) is 31.6 Å². The van der Waals surface area contributed by atoms with Crippen molar-refractivity contribution in [3.05, 3.63) is 65.0 Å². The molecule has 2 heterocycles. The van der Waals surface area contributed by atoms with Gasteiger partial charge in [-0.15, -0.1) is 0 Å².